The normalized spacial score (nSPS) is 30.8. The molecule has 1 aliphatic heterocycles. The molecule has 1 N–H and O–H groups in total. The zero-order valence-corrected chi connectivity index (χ0v) is 12.1. The van der Waals surface area contributed by atoms with Crippen molar-refractivity contribution in [2.24, 2.45) is 11.8 Å². The zero-order chi connectivity index (χ0) is 13.9. The number of rotatable bonds is 4. The number of nitrogens with one attached hydrogen (secondary N) is 1. The number of carbonyl (C=O) groups excluding carboxylic acids is 1. The standard InChI is InChI=1S/C16H23NO3/c1-19-14-7-6-11(12-9-16(18)17-10-12)8-15(14)20-13-4-2-3-5-13/h6-7,11-13H,2-5,8-10H2,1H3,(H,17,18). The molecule has 4 heteroatoms. The van der Waals surface area contributed by atoms with Gasteiger partial charge in [-0.2, -0.15) is 0 Å². The van der Waals surface area contributed by atoms with Crippen LogP contribution in [0.1, 0.15) is 38.5 Å². The lowest BCUT2D eigenvalue weighted by molar-refractivity contribution is -0.119. The predicted octanol–water partition coefficient (Wildman–Crippen LogP) is 2.52. The topological polar surface area (TPSA) is 47.6 Å². The van der Waals surface area contributed by atoms with Crippen LogP contribution in [0.5, 0.6) is 0 Å². The van der Waals surface area contributed by atoms with E-state index in [1.165, 1.54) is 12.8 Å². The first-order chi connectivity index (χ1) is 9.76. The molecule has 2 unspecified atom stereocenters. The zero-order valence-electron chi connectivity index (χ0n) is 12.1. The van der Waals surface area contributed by atoms with Crippen LogP contribution in [0, 0.1) is 11.8 Å². The SMILES string of the molecule is COC1=C(OC2CCCC2)CC(C2CNC(=O)C2)C=C1. The van der Waals surface area contributed by atoms with Gasteiger partial charge in [0.15, 0.2) is 5.76 Å². The summed E-state index contributed by atoms with van der Waals surface area (Å²) >= 11 is 0. The molecule has 110 valence electrons. The first-order valence-corrected chi connectivity index (χ1v) is 7.65. The summed E-state index contributed by atoms with van der Waals surface area (Å²) in [6.45, 7) is 0.785. The molecule has 0 aromatic carbocycles. The number of carbonyl (C=O) groups is 1. The van der Waals surface area contributed by atoms with Crippen LogP contribution in [0.15, 0.2) is 23.7 Å². The Morgan fingerprint density at radius 3 is 2.70 bits per heavy atom. The Bertz CT molecular complexity index is 435. The highest BCUT2D eigenvalue weighted by Crippen LogP contribution is 2.35. The van der Waals surface area contributed by atoms with E-state index in [2.05, 4.69) is 11.4 Å². The number of hydrogen-bond acceptors (Lipinski definition) is 3. The third kappa shape index (κ3) is 2.84. The maximum Gasteiger partial charge on any atom is 0.220 e. The predicted molar refractivity (Wildman–Crippen MR) is 75.7 cm³/mol. The molecule has 1 saturated heterocycles. The Balaban J connectivity index is 1.67. The van der Waals surface area contributed by atoms with Crippen LogP contribution in [0.25, 0.3) is 0 Å². The molecular weight excluding hydrogens is 254 g/mol. The maximum absolute atomic E-state index is 11.4. The third-order valence-electron chi connectivity index (χ3n) is 4.64. The van der Waals surface area contributed by atoms with Crippen molar-refractivity contribution < 1.29 is 14.3 Å². The van der Waals surface area contributed by atoms with Crippen molar-refractivity contribution in [3.05, 3.63) is 23.7 Å². The van der Waals surface area contributed by atoms with Crippen LogP contribution in [0.4, 0.5) is 0 Å². The molecular formula is C16H23NO3. The fraction of sp³-hybridized carbons (Fsp3) is 0.688. The van der Waals surface area contributed by atoms with Crippen molar-refractivity contribution in [1.82, 2.24) is 5.32 Å². The molecule has 1 amide bonds. The van der Waals surface area contributed by atoms with E-state index in [0.717, 1.165) is 37.3 Å². The second-order valence-electron chi connectivity index (χ2n) is 6.01. The van der Waals surface area contributed by atoms with Gasteiger partial charge in [0.2, 0.25) is 5.91 Å². The molecule has 3 aliphatic rings. The second-order valence-corrected chi connectivity index (χ2v) is 6.01. The van der Waals surface area contributed by atoms with E-state index in [1.54, 1.807) is 7.11 Å². The number of allylic oxidation sites excluding steroid dienone is 3. The monoisotopic (exact) mass is 277 g/mol. The minimum atomic E-state index is 0.170. The molecule has 20 heavy (non-hydrogen) atoms. The van der Waals surface area contributed by atoms with Gasteiger partial charge in [0.25, 0.3) is 0 Å². The van der Waals surface area contributed by atoms with Crippen molar-refractivity contribution in [2.75, 3.05) is 13.7 Å². The van der Waals surface area contributed by atoms with Crippen LogP contribution in [-0.4, -0.2) is 25.7 Å². The van der Waals surface area contributed by atoms with E-state index in [4.69, 9.17) is 9.47 Å². The smallest absolute Gasteiger partial charge is 0.220 e. The molecule has 0 aromatic rings. The van der Waals surface area contributed by atoms with Gasteiger partial charge < -0.3 is 14.8 Å². The van der Waals surface area contributed by atoms with Crippen LogP contribution in [0.2, 0.25) is 0 Å². The highest BCUT2D eigenvalue weighted by molar-refractivity contribution is 5.78. The van der Waals surface area contributed by atoms with Crippen molar-refractivity contribution in [1.29, 1.82) is 0 Å². The first kappa shape index (κ1) is 13.5. The Morgan fingerprint density at radius 2 is 2.05 bits per heavy atom. The van der Waals surface area contributed by atoms with E-state index in [9.17, 15) is 4.79 Å². The van der Waals surface area contributed by atoms with Crippen LogP contribution in [-0.2, 0) is 14.3 Å². The van der Waals surface area contributed by atoms with Crippen LogP contribution in [0.3, 0.4) is 0 Å². The van der Waals surface area contributed by atoms with Crippen molar-refractivity contribution in [3.8, 4) is 0 Å². The van der Waals surface area contributed by atoms with Gasteiger partial charge in [-0.15, -0.1) is 0 Å². The molecule has 0 spiro atoms. The lowest BCUT2D eigenvalue weighted by Crippen LogP contribution is -2.21. The van der Waals surface area contributed by atoms with Crippen molar-refractivity contribution in [3.63, 3.8) is 0 Å². The molecule has 0 bridgehead atoms. The van der Waals surface area contributed by atoms with E-state index in [0.29, 0.717) is 24.4 Å². The van der Waals surface area contributed by atoms with Gasteiger partial charge in [-0.25, -0.2) is 0 Å². The Kier molecular flexibility index (Phi) is 3.99. The molecule has 2 aliphatic carbocycles. The summed E-state index contributed by atoms with van der Waals surface area (Å²) in [7, 11) is 1.69. The first-order valence-electron chi connectivity index (χ1n) is 7.65. The minimum Gasteiger partial charge on any atom is -0.493 e. The van der Waals surface area contributed by atoms with E-state index in [-0.39, 0.29) is 5.91 Å². The van der Waals surface area contributed by atoms with E-state index >= 15 is 0 Å². The summed E-state index contributed by atoms with van der Waals surface area (Å²) in [5, 5.41) is 2.92. The minimum absolute atomic E-state index is 0.170. The Morgan fingerprint density at radius 1 is 1.25 bits per heavy atom. The maximum atomic E-state index is 11.4. The van der Waals surface area contributed by atoms with E-state index < -0.39 is 0 Å². The molecule has 0 radical (unpaired) electrons. The third-order valence-corrected chi connectivity index (χ3v) is 4.64. The molecule has 1 heterocycles. The van der Waals surface area contributed by atoms with Crippen LogP contribution >= 0.6 is 0 Å². The lowest BCUT2D eigenvalue weighted by Gasteiger charge is -2.27. The van der Waals surface area contributed by atoms with Gasteiger partial charge >= 0.3 is 0 Å². The molecule has 4 nitrogen and oxygen atoms in total. The van der Waals surface area contributed by atoms with E-state index in [1.807, 2.05) is 6.08 Å². The summed E-state index contributed by atoms with van der Waals surface area (Å²) in [6, 6.07) is 0. The van der Waals surface area contributed by atoms with Gasteiger partial charge in [0, 0.05) is 19.4 Å². The highest BCUT2D eigenvalue weighted by Gasteiger charge is 2.32. The number of ether oxygens (including phenoxy) is 2. The molecule has 2 atom stereocenters. The van der Waals surface area contributed by atoms with Gasteiger partial charge in [-0.05, 0) is 43.6 Å². The Hall–Kier alpha value is -1.45. The number of hydrogen-bond donors (Lipinski definition) is 1. The Labute approximate surface area is 120 Å². The second kappa shape index (κ2) is 5.90. The quantitative estimate of drug-likeness (QED) is 0.859. The summed E-state index contributed by atoms with van der Waals surface area (Å²) in [5.41, 5.74) is 0. The van der Waals surface area contributed by atoms with Crippen molar-refractivity contribution in [2.45, 2.75) is 44.6 Å². The fourth-order valence-electron chi connectivity index (χ4n) is 3.44. The molecule has 1 saturated carbocycles. The summed E-state index contributed by atoms with van der Waals surface area (Å²) in [4.78, 5) is 11.4. The van der Waals surface area contributed by atoms with Gasteiger partial charge in [-0.3, -0.25) is 4.79 Å². The summed E-state index contributed by atoms with van der Waals surface area (Å²) < 4.78 is 11.6. The summed E-state index contributed by atoms with van der Waals surface area (Å²) in [5.74, 6) is 2.77. The van der Waals surface area contributed by atoms with Gasteiger partial charge in [-0.1, -0.05) is 6.08 Å². The van der Waals surface area contributed by atoms with Gasteiger partial charge in [0.1, 0.15) is 5.76 Å². The average Bonchev–Trinajstić information content (AvgIpc) is 3.10. The summed E-state index contributed by atoms with van der Waals surface area (Å²) in [6.07, 6.45) is 10.9. The average molecular weight is 277 g/mol. The largest absolute Gasteiger partial charge is 0.493 e. The molecule has 2 fully saturated rings. The van der Waals surface area contributed by atoms with Crippen LogP contribution < -0.4 is 5.32 Å². The van der Waals surface area contributed by atoms with Crippen molar-refractivity contribution >= 4 is 5.91 Å². The fourth-order valence-corrected chi connectivity index (χ4v) is 3.44. The lowest BCUT2D eigenvalue weighted by atomic mass is 9.85. The number of methoxy groups -OCH3 is 1. The number of amides is 1. The highest BCUT2D eigenvalue weighted by atomic mass is 16.5. The molecule has 3 rings (SSSR count). The van der Waals surface area contributed by atoms with Gasteiger partial charge in [0.05, 0.1) is 13.2 Å². The molecule has 0 aromatic heterocycles.